The van der Waals surface area contributed by atoms with E-state index in [4.69, 9.17) is 18.9 Å². The summed E-state index contributed by atoms with van der Waals surface area (Å²) in [4.78, 5) is 29.9. The van der Waals surface area contributed by atoms with E-state index in [2.05, 4.69) is 70.0 Å². The van der Waals surface area contributed by atoms with Gasteiger partial charge in [0.1, 0.15) is 5.69 Å². The molecule has 1 amide bonds. The Morgan fingerprint density at radius 3 is 2.25 bits per heavy atom. The number of ether oxygens (including phenoxy) is 4. The van der Waals surface area contributed by atoms with Crippen molar-refractivity contribution in [1.82, 2.24) is 10.4 Å². The first-order chi connectivity index (χ1) is 21.2. The number of amides is 1. The number of H-pyrrole nitrogens is 1. The zero-order valence-corrected chi connectivity index (χ0v) is 28.9. The molecule has 44 heavy (non-hydrogen) atoms. The van der Waals surface area contributed by atoms with Crippen LogP contribution < -0.4 is 24.4 Å². The zero-order chi connectivity index (χ0) is 31.4. The summed E-state index contributed by atoms with van der Waals surface area (Å²) in [5.74, 6) is 0.0390. The number of nitrogens with zero attached hydrogens (tertiary/aromatic N) is 1. The van der Waals surface area contributed by atoms with Gasteiger partial charge in [0.05, 0.1) is 37.6 Å². The number of halogens is 3. The standard InChI is InChI=1S/C32H24Br2IN3O6/c1-41-25-12-18(13-26(42-2)30(25)43-3)32(40)44-29-19(11-20(33)14-23(29)34)16-36-38-31(39)28-27(17-7-5-4-6-8-17)22-15-21(35)9-10-24(22)37-28/h4-16,37H,1-3H3,(H,38,39). The normalized spacial score (nSPS) is 11.0. The van der Waals surface area contributed by atoms with E-state index in [1.54, 1.807) is 12.1 Å². The van der Waals surface area contributed by atoms with Crippen LogP contribution in [0.2, 0.25) is 0 Å². The van der Waals surface area contributed by atoms with Gasteiger partial charge in [0.15, 0.2) is 17.2 Å². The topological polar surface area (TPSA) is 111 Å². The van der Waals surface area contributed by atoms with Crippen LogP contribution in [0, 0.1) is 3.57 Å². The number of hydrogen-bond donors (Lipinski definition) is 2. The summed E-state index contributed by atoms with van der Waals surface area (Å²) in [5, 5.41) is 5.13. The Balaban J connectivity index is 1.44. The molecule has 0 saturated carbocycles. The van der Waals surface area contributed by atoms with Gasteiger partial charge in [0.25, 0.3) is 5.91 Å². The van der Waals surface area contributed by atoms with E-state index in [1.165, 1.54) is 39.7 Å². The lowest BCUT2D eigenvalue weighted by atomic mass is 10.0. The lowest BCUT2D eigenvalue weighted by molar-refractivity contribution is 0.0732. The van der Waals surface area contributed by atoms with E-state index in [1.807, 2.05) is 48.5 Å². The number of fused-ring (bicyclic) bond motifs is 1. The van der Waals surface area contributed by atoms with Crippen molar-refractivity contribution in [3.8, 4) is 34.1 Å². The molecule has 0 spiro atoms. The first-order valence-electron chi connectivity index (χ1n) is 12.9. The van der Waals surface area contributed by atoms with Gasteiger partial charge in [-0.3, -0.25) is 4.79 Å². The van der Waals surface area contributed by atoms with Crippen LogP contribution >= 0.6 is 54.5 Å². The number of methoxy groups -OCH3 is 3. The minimum absolute atomic E-state index is 0.174. The molecule has 0 radical (unpaired) electrons. The molecule has 5 aromatic rings. The van der Waals surface area contributed by atoms with Crippen molar-refractivity contribution < 1.29 is 28.5 Å². The highest BCUT2D eigenvalue weighted by atomic mass is 127. The molecule has 0 atom stereocenters. The molecule has 0 unspecified atom stereocenters. The molecule has 0 aliphatic heterocycles. The van der Waals surface area contributed by atoms with Crippen LogP contribution in [0.3, 0.4) is 0 Å². The Bertz CT molecular complexity index is 1880. The van der Waals surface area contributed by atoms with Gasteiger partial charge in [-0.1, -0.05) is 46.3 Å². The third kappa shape index (κ3) is 6.61. The van der Waals surface area contributed by atoms with Gasteiger partial charge in [-0.2, -0.15) is 5.10 Å². The Hall–Kier alpha value is -3.88. The van der Waals surface area contributed by atoms with Crippen molar-refractivity contribution in [3.63, 3.8) is 0 Å². The van der Waals surface area contributed by atoms with Crippen molar-refractivity contribution in [2.75, 3.05) is 21.3 Å². The largest absolute Gasteiger partial charge is 0.493 e. The van der Waals surface area contributed by atoms with Gasteiger partial charge in [-0.25, -0.2) is 10.2 Å². The number of hydrogen-bond acceptors (Lipinski definition) is 7. The Labute approximate surface area is 283 Å². The number of esters is 1. The van der Waals surface area contributed by atoms with Crippen LogP contribution in [0.25, 0.3) is 22.0 Å². The van der Waals surface area contributed by atoms with E-state index in [0.717, 1.165) is 25.6 Å². The SMILES string of the molecule is COc1cc(C(=O)Oc2c(Br)cc(Br)cc2C=NNC(=O)c2[nH]c3ccc(I)cc3c2-c2ccccc2)cc(OC)c1OC. The van der Waals surface area contributed by atoms with Crippen LogP contribution in [0.4, 0.5) is 0 Å². The molecule has 0 saturated heterocycles. The second kappa shape index (κ2) is 13.8. The van der Waals surface area contributed by atoms with Gasteiger partial charge in [0.2, 0.25) is 5.75 Å². The fraction of sp³-hybridized carbons (Fsp3) is 0.0938. The van der Waals surface area contributed by atoms with Gasteiger partial charge in [-0.05, 0) is 86.5 Å². The summed E-state index contributed by atoms with van der Waals surface area (Å²) in [7, 11) is 4.39. The monoisotopic (exact) mass is 831 g/mol. The molecule has 9 nitrogen and oxygen atoms in total. The third-order valence-electron chi connectivity index (χ3n) is 6.55. The summed E-state index contributed by atoms with van der Waals surface area (Å²) in [6, 6.07) is 22.1. The van der Waals surface area contributed by atoms with E-state index < -0.39 is 11.9 Å². The number of nitrogens with one attached hydrogen (secondary N) is 2. The minimum Gasteiger partial charge on any atom is -0.493 e. The van der Waals surface area contributed by atoms with Gasteiger partial charge >= 0.3 is 5.97 Å². The quantitative estimate of drug-likeness (QED) is 0.0513. The maximum atomic E-state index is 13.4. The lowest BCUT2D eigenvalue weighted by Crippen LogP contribution is -2.19. The fourth-order valence-electron chi connectivity index (χ4n) is 4.59. The summed E-state index contributed by atoms with van der Waals surface area (Å²) < 4.78 is 24.1. The average Bonchev–Trinajstić information content (AvgIpc) is 3.40. The molecule has 0 bridgehead atoms. The highest BCUT2D eigenvalue weighted by Gasteiger charge is 2.22. The van der Waals surface area contributed by atoms with E-state index in [-0.39, 0.29) is 11.3 Å². The highest BCUT2D eigenvalue weighted by molar-refractivity contribution is 14.1. The van der Waals surface area contributed by atoms with Crippen molar-refractivity contribution in [2.24, 2.45) is 5.10 Å². The molecule has 224 valence electrons. The van der Waals surface area contributed by atoms with Crippen LogP contribution in [-0.2, 0) is 0 Å². The van der Waals surface area contributed by atoms with Gasteiger partial charge in [0, 0.05) is 30.1 Å². The number of aromatic nitrogens is 1. The van der Waals surface area contributed by atoms with Gasteiger partial charge < -0.3 is 23.9 Å². The first kappa shape index (κ1) is 31.5. The van der Waals surface area contributed by atoms with Crippen LogP contribution in [-0.4, -0.2) is 44.4 Å². The predicted molar refractivity (Wildman–Crippen MR) is 184 cm³/mol. The number of carbonyl (C=O) groups is 2. The van der Waals surface area contributed by atoms with E-state index in [0.29, 0.717) is 37.5 Å². The molecule has 1 heterocycles. The third-order valence-corrected chi connectivity index (χ3v) is 8.27. The van der Waals surface area contributed by atoms with Crippen molar-refractivity contribution in [1.29, 1.82) is 0 Å². The molecule has 0 aliphatic carbocycles. The van der Waals surface area contributed by atoms with E-state index >= 15 is 0 Å². The minimum atomic E-state index is -0.675. The molecule has 12 heteroatoms. The number of hydrazone groups is 1. The number of rotatable bonds is 9. The van der Waals surface area contributed by atoms with Crippen molar-refractivity contribution in [2.45, 2.75) is 0 Å². The summed E-state index contributed by atoms with van der Waals surface area (Å²) in [6.07, 6.45) is 1.40. The number of carbonyl (C=O) groups excluding carboxylic acids is 2. The molecule has 2 N–H and O–H groups in total. The molecule has 1 aromatic heterocycles. The van der Waals surface area contributed by atoms with Crippen molar-refractivity contribution >= 4 is 83.4 Å². The maximum Gasteiger partial charge on any atom is 0.343 e. The Morgan fingerprint density at radius 2 is 1.59 bits per heavy atom. The highest BCUT2D eigenvalue weighted by Crippen LogP contribution is 2.39. The van der Waals surface area contributed by atoms with Gasteiger partial charge in [-0.15, -0.1) is 0 Å². The summed E-state index contributed by atoms with van der Waals surface area (Å²) in [5.41, 5.74) is 6.07. The summed E-state index contributed by atoms with van der Waals surface area (Å²) in [6.45, 7) is 0. The predicted octanol–water partition coefficient (Wildman–Crippen LogP) is 7.97. The molecular formula is C32H24Br2IN3O6. The van der Waals surface area contributed by atoms with E-state index in [9.17, 15) is 9.59 Å². The Kier molecular flexibility index (Phi) is 9.91. The molecular weight excluding hydrogens is 809 g/mol. The first-order valence-corrected chi connectivity index (χ1v) is 15.6. The lowest BCUT2D eigenvalue weighted by Gasteiger charge is -2.15. The molecule has 5 rings (SSSR count). The molecule has 4 aromatic carbocycles. The smallest absolute Gasteiger partial charge is 0.343 e. The second-order valence-corrected chi connectivity index (χ2v) is 12.3. The molecule has 0 aliphatic rings. The van der Waals surface area contributed by atoms with Crippen LogP contribution in [0.1, 0.15) is 26.4 Å². The number of aromatic amines is 1. The Morgan fingerprint density at radius 1 is 0.886 bits per heavy atom. The summed E-state index contributed by atoms with van der Waals surface area (Å²) >= 11 is 9.17. The molecule has 0 fully saturated rings. The second-order valence-electron chi connectivity index (χ2n) is 9.24. The van der Waals surface area contributed by atoms with Crippen LogP contribution in [0.15, 0.2) is 86.8 Å². The number of benzene rings is 4. The maximum absolute atomic E-state index is 13.4. The van der Waals surface area contributed by atoms with Crippen molar-refractivity contribution in [3.05, 3.63) is 102 Å². The zero-order valence-electron chi connectivity index (χ0n) is 23.5. The fourth-order valence-corrected chi connectivity index (χ4v) is 6.42. The average molecular weight is 833 g/mol. The van der Waals surface area contributed by atoms with Crippen LogP contribution in [0.5, 0.6) is 23.0 Å².